The number of carbonyl (C=O) groups excluding carboxylic acids is 1. The summed E-state index contributed by atoms with van der Waals surface area (Å²) in [5, 5.41) is 8.34. The summed E-state index contributed by atoms with van der Waals surface area (Å²) in [6.07, 6.45) is 6.28. The van der Waals surface area contributed by atoms with Crippen LogP contribution in [0.3, 0.4) is 0 Å². The summed E-state index contributed by atoms with van der Waals surface area (Å²) in [5.41, 5.74) is 5.33. The van der Waals surface area contributed by atoms with Crippen molar-refractivity contribution in [2.75, 3.05) is 36.9 Å². The highest BCUT2D eigenvalue weighted by atomic mass is 32.1. The van der Waals surface area contributed by atoms with Gasteiger partial charge in [-0.15, -0.1) is 11.3 Å². The SMILES string of the molecule is O=C(Nc1cccc(-c2nc3sccn3c2-c2ccnc(Nc3cccc(OCCN4CCCC4)c3)n2)c1)c1ccccc1. The molecule has 0 radical (unpaired) electrons. The summed E-state index contributed by atoms with van der Waals surface area (Å²) >= 11 is 1.55. The number of anilines is 3. The molecule has 4 heterocycles. The smallest absolute Gasteiger partial charge is 0.255 e. The number of carbonyl (C=O) groups is 1. The first-order valence-electron chi connectivity index (χ1n) is 14.7. The molecule has 6 aromatic rings. The average Bonchev–Trinajstić information content (AvgIpc) is 3.81. The molecule has 0 spiro atoms. The maximum Gasteiger partial charge on any atom is 0.255 e. The van der Waals surface area contributed by atoms with Crippen LogP contribution in [-0.2, 0) is 0 Å². The Morgan fingerprint density at radius 1 is 0.909 bits per heavy atom. The number of benzene rings is 3. The van der Waals surface area contributed by atoms with E-state index in [1.807, 2.05) is 88.8 Å². The Morgan fingerprint density at radius 3 is 2.64 bits per heavy atom. The van der Waals surface area contributed by atoms with Crippen LogP contribution in [0.15, 0.2) is 103 Å². The summed E-state index contributed by atoms with van der Waals surface area (Å²) in [4.78, 5) is 30.4. The minimum Gasteiger partial charge on any atom is -0.492 e. The predicted octanol–water partition coefficient (Wildman–Crippen LogP) is 6.99. The van der Waals surface area contributed by atoms with Gasteiger partial charge in [0.05, 0.1) is 11.4 Å². The molecule has 9 nitrogen and oxygen atoms in total. The molecule has 0 unspecified atom stereocenters. The average molecular weight is 602 g/mol. The van der Waals surface area contributed by atoms with Crippen LogP contribution >= 0.6 is 11.3 Å². The van der Waals surface area contributed by atoms with Crippen molar-refractivity contribution in [2.24, 2.45) is 0 Å². The number of hydrogen-bond donors (Lipinski definition) is 2. The number of amides is 1. The fraction of sp³-hybridized carbons (Fsp3) is 0.176. The van der Waals surface area contributed by atoms with Gasteiger partial charge in [-0.25, -0.2) is 15.0 Å². The zero-order chi connectivity index (χ0) is 29.7. The van der Waals surface area contributed by atoms with Crippen LogP contribution in [0, 0.1) is 0 Å². The number of nitrogens with one attached hydrogen (secondary N) is 2. The second-order valence-corrected chi connectivity index (χ2v) is 11.5. The molecule has 0 aliphatic carbocycles. The van der Waals surface area contributed by atoms with Gasteiger partial charge in [-0.2, -0.15) is 0 Å². The second kappa shape index (κ2) is 12.7. The molecule has 1 amide bonds. The largest absolute Gasteiger partial charge is 0.492 e. The van der Waals surface area contributed by atoms with Crippen molar-refractivity contribution >= 4 is 39.5 Å². The van der Waals surface area contributed by atoms with Gasteiger partial charge in [0, 0.05) is 52.9 Å². The molecular weight excluding hydrogens is 570 g/mol. The van der Waals surface area contributed by atoms with Crippen molar-refractivity contribution in [2.45, 2.75) is 12.8 Å². The van der Waals surface area contributed by atoms with E-state index in [0.717, 1.165) is 58.7 Å². The number of aromatic nitrogens is 4. The lowest BCUT2D eigenvalue weighted by molar-refractivity contribution is 0.102. The highest BCUT2D eigenvalue weighted by molar-refractivity contribution is 7.15. The lowest BCUT2D eigenvalue weighted by Gasteiger charge is -2.15. The molecule has 10 heteroatoms. The van der Waals surface area contributed by atoms with Crippen LogP contribution in [0.1, 0.15) is 23.2 Å². The molecule has 3 aromatic heterocycles. The molecule has 2 N–H and O–H groups in total. The van der Waals surface area contributed by atoms with Crippen LogP contribution in [0.5, 0.6) is 5.75 Å². The van der Waals surface area contributed by atoms with Crippen molar-refractivity contribution in [3.63, 3.8) is 0 Å². The molecule has 0 saturated carbocycles. The van der Waals surface area contributed by atoms with E-state index in [9.17, 15) is 4.79 Å². The summed E-state index contributed by atoms with van der Waals surface area (Å²) < 4.78 is 8.07. The standard InChI is InChI=1S/C34H31N7O2S/c42-32(24-8-2-1-3-9-24)36-26-11-6-10-25(22-26)30-31(41-19-21-44-34(41)39-30)29-14-15-35-33(38-29)37-27-12-7-13-28(23-27)43-20-18-40-16-4-5-17-40/h1-3,6-15,19,21-23H,4-5,16-18,20H2,(H,36,42)(H,35,37,38). The fourth-order valence-electron chi connectivity index (χ4n) is 5.41. The zero-order valence-electron chi connectivity index (χ0n) is 24.0. The third-order valence-corrected chi connectivity index (χ3v) is 8.31. The second-order valence-electron chi connectivity index (χ2n) is 10.6. The van der Waals surface area contributed by atoms with Gasteiger partial charge in [-0.1, -0.05) is 36.4 Å². The topological polar surface area (TPSA) is 96.7 Å². The maximum atomic E-state index is 12.8. The van der Waals surface area contributed by atoms with E-state index < -0.39 is 0 Å². The Labute approximate surface area is 259 Å². The third kappa shape index (κ3) is 6.17. The number of nitrogens with zero attached hydrogens (tertiary/aromatic N) is 5. The van der Waals surface area contributed by atoms with E-state index >= 15 is 0 Å². The first kappa shape index (κ1) is 27.8. The van der Waals surface area contributed by atoms with Gasteiger partial charge in [0.25, 0.3) is 5.91 Å². The molecule has 1 saturated heterocycles. The predicted molar refractivity (Wildman–Crippen MR) is 175 cm³/mol. The van der Waals surface area contributed by atoms with Crippen LogP contribution < -0.4 is 15.4 Å². The van der Waals surface area contributed by atoms with Crippen LogP contribution in [-0.4, -0.2) is 56.4 Å². The van der Waals surface area contributed by atoms with Crippen molar-refractivity contribution in [1.29, 1.82) is 0 Å². The molecular formula is C34H31N7O2S. The van der Waals surface area contributed by atoms with Gasteiger partial charge in [-0.05, 0) is 68.4 Å². The Kier molecular flexibility index (Phi) is 7.99. The Hall–Kier alpha value is -5.06. The summed E-state index contributed by atoms with van der Waals surface area (Å²) in [6, 6.07) is 26.6. The molecule has 0 bridgehead atoms. The van der Waals surface area contributed by atoms with Crippen LogP contribution in [0.2, 0.25) is 0 Å². The number of fused-ring (bicyclic) bond motifs is 1. The van der Waals surface area contributed by atoms with Crippen molar-refractivity contribution in [1.82, 2.24) is 24.3 Å². The van der Waals surface area contributed by atoms with E-state index in [1.165, 1.54) is 12.8 Å². The minimum atomic E-state index is -0.165. The monoisotopic (exact) mass is 601 g/mol. The molecule has 1 aliphatic rings. The molecule has 220 valence electrons. The maximum absolute atomic E-state index is 12.8. The van der Waals surface area contributed by atoms with Crippen LogP contribution in [0.25, 0.3) is 27.6 Å². The van der Waals surface area contributed by atoms with E-state index in [0.29, 0.717) is 23.8 Å². The molecule has 1 aliphatic heterocycles. The van der Waals surface area contributed by atoms with Gasteiger partial charge in [0.1, 0.15) is 18.1 Å². The van der Waals surface area contributed by atoms with Crippen molar-refractivity contribution < 1.29 is 9.53 Å². The highest BCUT2D eigenvalue weighted by Gasteiger charge is 2.19. The Bertz CT molecular complexity index is 1900. The quantitative estimate of drug-likeness (QED) is 0.175. The van der Waals surface area contributed by atoms with E-state index in [-0.39, 0.29) is 5.91 Å². The van der Waals surface area contributed by atoms with E-state index in [2.05, 4.69) is 20.5 Å². The summed E-state index contributed by atoms with van der Waals surface area (Å²) in [5.74, 6) is 1.11. The van der Waals surface area contributed by atoms with E-state index in [1.54, 1.807) is 29.7 Å². The minimum absolute atomic E-state index is 0.165. The number of rotatable bonds is 10. The van der Waals surface area contributed by atoms with Gasteiger partial charge in [0.2, 0.25) is 5.95 Å². The molecule has 44 heavy (non-hydrogen) atoms. The first-order chi connectivity index (χ1) is 21.7. The Morgan fingerprint density at radius 2 is 1.75 bits per heavy atom. The molecule has 7 rings (SSSR count). The van der Waals surface area contributed by atoms with Crippen LogP contribution in [0.4, 0.5) is 17.3 Å². The Balaban J connectivity index is 1.13. The fourth-order valence-corrected chi connectivity index (χ4v) is 6.13. The lowest BCUT2D eigenvalue weighted by atomic mass is 10.1. The third-order valence-electron chi connectivity index (χ3n) is 7.56. The van der Waals surface area contributed by atoms with E-state index in [4.69, 9.17) is 14.7 Å². The number of hydrogen-bond acceptors (Lipinski definition) is 8. The zero-order valence-corrected chi connectivity index (χ0v) is 24.8. The van der Waals surface area contributed by atoms with Gasteiger partial charge < -0.3 is 15.4 Å². The van der Waals surface area contributed by atoms with Gasteiger partial charge in [0.15, 0.2) is 4.96 Å². The molecule has 0 atom stereocenters. The van der Waals surface area contributed by atoms with Crippen molar-refractivity contribution in [3.05, 3.63) is 108 Å². The molecule has 3 aromatic carbocycles. The summed E-state index contributed by atoms with van der Waals surface area (Å²) in [7, 11) is 0. The normalized spacial score (nSPS) is 13.3. The summed E-state index contributed by atoms with van der Waals surface area (Å²) in [6.45, 7) is 3.92. The number of thiazole rings is 1. The highest BCUT2D eigenvalue weighted by Crippen LogP contribution is 2.35. The molecule has 1 fully saturated rings. The first-order valence-corrected chi connectivity index (χ1v) is 15.6. The van der Waals surface area contributed by atoms with Gasteiger partial charge >= 0.3 is 0 Å². The number of likely N-dealkylation sites (tertiary alicyclic amines) is 1. The van der Waals surface area contributed by atoms with Gasteiger partial charge in [-0.3, -0.25) is 14.1 Å². The lowest BCUT2D eigenvalue weighted by Crippen LogP contribution is -2.25. The van der Waals surface area contributed by atoms with Crippen molar-refractivity contribution in [3.8, 4) is 28.4 Å². The number of imidazole rings is 1. The number of ether oxygens (including phenoxy) is 1.